The normalized spacial score (nSPS) is 11.6. The van der Waals surface area contributed by atoms with Crippen LogP contribution in [0.15, 0.2) is 206 Å². The van der Waals surface area contributed by atoms with E-state index in [4.69, 9.17) is 0 Å². The Kier molecular flexibility index (Phi) is 7.39. The van der Waals surface area contributed by atoms with Gasteiger partial charge in [0.05, 0.1) is 27.1 Å². The Bertz CT molecular complexity index is 3200. The molecule has 0 spiro atoms. The summed E-state index contributed by atoms with van der Waals surface area (Å²) in [6.07, 6.45) is 0. The summed E-state index contributed by atoms with van der Waals surface area (Å²) in [6.45, 7) is 0. The van der Waals surface area contributed by atoms with E-state index in [0.717, 1.165) is 17.1 Å². The molecule has 0 aliphatic carbocycles. The topological polar surface area (TPSA) is 8.17 Å². The molecular formula is C52H34N2S. The van der Waals surface area contributed by atoms with Crippen LogP contribution in [0, 0.1) is 0 Å². The van der Waals surface area contributed by atoms with Gasteiger partial charge in [0.25, 0.3) is 0 Å². The summed E-state index contributed by atoms with van der Waals surface area (Å²) in [6, 6.07) is 75.2. The Balaban J connectivity index is 1.25. The average molecular weight is 719 g/mol. The van der Waals surface area contributed by atoms with Crippen LogP contribution in [0.4, 0.5) is 17.1 Å². The first kappa shape index (κ1) is 31.6. The minimum absolute atomic E-state index is 1.11. The van der Waals surface area contributed by atoms with Crippen molar-refractivity contribution in [2.75, 3.05) is 4.90 Å². The van der Waals surface area contributed by atoms with Crippen LogP contribution in [-0.2, 0) is 0 Å². The molecule has 0 bridgehead atoms. The lowest BCUT2D eigenvalue weighted by atomic mass is 9.90. The quantitative estimate of drug-likeness (QED) is 0.166. The van der Waals surface area contributed by atoms with Gasteiger partial charge < -0.3 is 9.47 Å². The molecule has 3 heteroatoms. The zero-order valence-electron chi connectivity index (χ0n) is 29.9. The smallest absolute Gasteiger partial charge is 0.0640 e. The van der Waals surface area contributed by atoms with Crippen molar-refractivity contribution in [1.29, 1.82) is 0 Å². The lowest BCUT2D eigenvalue weighted by Crippen LogP contribution is -2.11. The Labute approximate surface area is 323 Å². The second-order valence-electron chi connectivity index (χ2n) is 14.1. The molecule has 11 rings (SSSR count). The van der Waals surface area contributed by atoms with E-state index in [1.807, 2.05) is 11.3 Å². The average Bonchev–Trinajstić information content (AvgIpc) is 3.81. The molecule has 258 valence electrons. The third-order valence-corrected chi connectivity index (χ3v) is 12.2. The molecule has 0 fully saturated rings. The molecule has 0 aliphatic rings. The van der Waals surface area contributed by atoms with E-state index in [1.54, 1.807) is 0 Å². The van der Waals surface area contributed by atoms with Crippen molar-refractivity contribution >= 4 is 81.1 Å². The molecule has 11 aromatic rings. The lowest BCUT2D eigenvalue weighted by molar-refractivity contribution is 1.18. The van der Waals surface area contributed by atoms with E-state index in [1.165, 1.54) is 80.7 Å². The summed E-state index contributed by atoms with van der Waals surface area (Å²) >= 11 is 1.87. The Morgan fingerprint density at radius 1 is 0.400 bits per heavy atom. The lowest BCUT2D eigenvalue weighted by Gasteiger charge is -2.28. The molecular weight excluding hydrogens is 685 g/mol. The van der Waals surface area contributed by atoms with Gasteiger partial charge in [0, 0.05) is 37.6 Å². The third-order valence-electron chi connectivity index (χ3n) is 11.0. The number of thiophene rings is 1. The van der Waals surface area contributed by atoms with Gasteiger partial charge in [-0.3, -0.25) is 0 Å². The van der Waals surface area contributed by atoms with Crippen molar-refractivity contribution in [3.8, 4) is 27.9 Å². The minimum atomic E-state index is 1.11. The van der Waals surface area contributed by atoms with E-state index < -0.39 is 0 Å². The van der Waals surface area contributed by atoms with Gasteiger partial charge in [-0.1, -0.05) is 152 Å². The van der Waals surface area contributed by atoms with Crippen LogP contribution in [0.2, 0.25) is 0 Å². The monoisotopic (exact) mass is 718 g/mol. The number of rotatable bonds is 6. The number of aromatic nitrogens is 1. The van der Waals surface area contributed by atoms with E-state index in [2.05, 4.69) is 216 Å². The van der Waals surface area contributed by atoms with Crippen LogP contribution in [-0.4, -0.2) is 4.57 Å². The summed E-state index contributed by atoms with van der Waals surface area (Å²) < 4.78 is 4.97. The van der Waals surface area contributed by atoms with Gasteiger partial charge >= 0.3 is 0 Å². The molecule has 0 radical (unpaired) electrons. The number of fused-ring (bicyclic) bond motifs is 7. The molecule has 0 unspecified atom stereocenters. The van der Waals surface area contributed by atoms with Crippen molar-refractivity contribution in [2.45, 2.75) is 0 Å². The van der Waals surface area contributed by atoms with E-state index >= 15 is 0 Å². The Morgan fingerprint density at radius 3 is 1.91 bits per heavy atom. The van der Waals surface area contributed by atoms with Gasteiger partial charge in [0.1, 0.15) is 0 Å². The standard InChI is InChI=1S/C52H34N2S/c1-3-16-36(17-4-1)45-34-38(32-33-41(45)40-25-13-19-35-18-7-8-22-39(35)40)54(49-30-14-26-43-42-23-10-12-31-50(42)55-52(43)49)48-29-15-28-47-51(48)44-24-9-11-27-46(44)53(47)37-20-5-2-6-21-37/h1-34H. The highest BCUT2D eigenvalue weighted by Crippen LogP contribution is 2.50. The number of benzene rings is 9. The molecule has 0 saturated carbocycles. The SMILES string of the molecule is c1ccc(-c2cc(N(c3cccc4c3sc3ccccc34)c3cccc4c3c3ccccc3n4-c3ccccc3)ccc2-c2cccc3ccccc23)cc1. The minimum Gasteiger partial charge on any atom is -0.309 e. The summed E-state index contributed by atoms with van der Waals surface area (Å²) in [5.74, 6) is 0. The molecule has 55 heavy (non-hydrogen) atoms. The first-order chi connectivity index (χ1) is 27.3. The molecule has 0 saturated heterocycles. The van der Waals surface area contributed by atoms with Gasteiger partial charge in [0.2, 0.25) is 0 Å². The summed E-state index contributed by atoms with van der Waals surface area (Å²) in [5.41, 5.74) is 11.8. The molecule has 9 aromatic carbocycles. The fraction of sp³-hybridized carbons (Fsp3) is 0. The van der Waals surface area contributed by atoms with Crippen LogP contribution in [0.5, 0.6) is 0 Å². The Hall–Kier alpha value is -6.94. The fourth-order valence-electron chi connectivity index (χ4n) is 8.58. The maximum Gasteiger partial charge on any atom is 0.0640 e. The molecule has 2 nitrogen and oxygen atoms in total. The van der Waals surface area contributed by atoms with E-state index in [0.29, 0.717) is 0 Å². The predicted molar refractivity (Wildman–Crippen MR) is 237 cm³/mol. The highest BCUT2D eigenvalue weighted by Gasteiger charge is 2.24. The molecule has 0 atom stereocenters. The van der Waals surface area contributed by atoms with E-state index in [-0.39, 0.29) is 0 Å². The molecule has 2 aromatic heterocycles. The van der Waals surface area contributed by atoms with Crippen LogP contribution in [0.25, 0.3) is 80.7 Å². The summed E-state index contributed by atoms with van der Waals surface area (Å²) in [4.78, 5) is 2.52. The number of hydrogen-bond acceptors (Lipinski definition) is 2. The highest BCUT2D eigenvalue weighted by atomic mass is 32.1. The van der Waals surface area contributed by atoms with E-state index in [9.17, 15) is 0 Å². The van der Waals surface area contributed by atoms with Crippen LogP contribution < -0.4 is 4.90 Å². The zero-order valence-corrected chi connectivity index (χ0v) is 30.7. The van der Waals surface area contributed by atoms with Crippen molar-refractivity contribution < 1.29 is 0 Å². The van der Waals surface area contributed by atoms with Crippen molar-refractivity contribution in [3.05, 3.63) is 206 Å². The van der Waals surface area contributed by atoms with Crippen molar-refractivity contribution in [1.82, 2.24) is 4.57 Å². The molecule has 0 aliphatic heterocycles. The second-order valence-corrected chi connectivity index (χ2v) is 15.1. The third kappa shape index (κ3) is 5.09. The van der Waals surface area contributed by atoms with Gasteiger partial charge in [-0.05, 0) is 87.6 Å². The predicted octanol–water partition coefficient (Wildman–Crippen LogP) is 15.1. The first-order valence-electron chi connectivity index (χ1n) is 18.8. The van der Waals surface area contributed by atoms with Gasteiger partial charge in [-0.2, -0.15) is 0 Å². The maximum atomic E-state index is 2.52. The maximum absolute atomic E-state index is 2.52. The second kappa shape index (κ2) is 12.9. The zero-order chi connectivity index (χ0) is 36.3. The molecule has 2 heterocycles. The van der Waals surface area contributed by atoms with Crippen LogP contribution >= 0.6 is 11.3 Å². The van der Waals surface area contributed by atoms with Crippen LogP contribution in [0.1, 0.15) is 0 Å². The molecule has 0 amide bonds. The van der Waals surface area contributed by atoms with Crippen LogP contribution in [0.3, 0.4) is 0 Å². The number of hydrogen-bond donors (Lipinski definition) is 0. The van der Waals surface area contributed by atoms with Crippen molar-refractivity contribution in [2.24, 2.45) is 0 Å². The van der Waals surface area contributed by atoms with Gasteiger partial charge in [-0.15, -0.1) is 11.3 Å². The highest BCUT2D eigenvalue weighted by molar-refractivity contribution is 7.26. The van der Waals surface area contributed by atoms with Gasteiger partial charge in [-0.25, -0.2) is 0 Å². The molecule has 0 N–H and O–H groups in total. The number of para-hydroxylation sites is 2. The first-order valence-corrected chi connectivity index (χ1v) is 19.6. The summed E-state index contributed by atoms with van der Waals surface area (Å²) in [7, 11) is 0. The van der Waals surface area contributed by atoms with Crippen molar-refractivity contribution in [3.63, 3.8) is 0 Å². The number of anilines is 3. The largest absolute Gasteiger partial charge is 0.309 e. The fourth-order valence-corrected chi connectivity index (χ4v) is 9.79. The van der Waals surface area contributed by atoms with Gasteiger partial charge in [0.15, 0.2) is 0 Å². The number of nitrogens with zero attached hydrogens (tertiary/aromatic N) is 2. The summed E-state index contributed by atoms with van der Waals surface area (Å²) in [5, 5.41) is 7.50. The Morgan fingerprint density at radius 2 is 1.04 bits per heavy atom.